The highest BCUT2D eigenvalue weighted by Gasteiger charge is 2.67. The lowest BCUT2D eigenvalue weighted by Crippen LogP contribution is -2.50. The first kappa shape index (κ1) is 19.3. The molecule has 4 aliphatic carbocycles. The summed E-state index contributed by atoms with van der Waals surface area (Å²) in [6.07, 6.45) is 13.6. The Balaban J connectivity index is 1.26. The van der Waals surface area contributed by atoms with Crippen LogP contribution in [0.5, 0.6) is 0 Å². The van der Waals surface area contributed by atoms with E-state index in [0.717, 1.165) is 49.5 Å². The van der Waals surface area contributed by atoms with Crippen molar-refractivity contribution in [3.63, 3.8) is 0 Å². The van der Waals surface area contributed by atoms with Gasteiger partial charge in [-0.3, -0.25) is 0 Å². The molecule has 3 saturated carbocycles. The molecule has 1 N–H and O–H groups in total. The smallest absolute Gasteiger partial charge is 0.171 e. The van der Waals surface area contributed by atoms with Crippen LogP contribution in [0.1, 0.15) is 78.6 Å². The molecule has 6 rings (SSSR count). The van der Waals surface area contributed by atoms with E-state index < -0.39 is 0 Å². The molecule has 2 heterocycles. The predicted molar refractivity (Wildman–Crippen MR) is 113 cm³/mol. The molecule has 11 atom stereocenters. The molecule has 2 aliphatic heterocycles. The Kier molecular flexibility index (Phi) is 4.37. The quantitative estimate of drug-likeness (QED) is 0.559. The van der Waals surface area contributed by atoms with Gasteiger partial charge in [0.15, 0.2) is 5.79 Å². The van der Waals surface area contributed by atoms with Gasteiger partial charge >= 0.3 is 0 Å². The third kappa shape index (κ3) is 2.66. The maximum Gasteiger partial charge on any atom is 0.171 e. The van der Waals surface area contributed by atoms with Crippen molar-refractivity contribution in [1.82, 2.24) is 0 Å². The molecule has 1 unspecified atom stereocenters. The SMILES string of the molecule is C[C@@H]1CC[C@@]2(OC1)O[C@H]1C[C@H]3[C@@H]4CC=C5C[C@@H](O)CCC5[C@H]4CC[C@]3(C)[C@H]1[C@@H]2C. The summed E-state index contributed by atoms with van der Waals surface area (Å²) in [5, 5.41) is 10.1. The average molecular weight is 401 g/mol. The summed E-state index contributed by atoms with van der Waals surface area (Å²) >= 11 is 0. The van der Waals surface area contributed by atoms with Crippen LogP contribution in [0.15, 0.2) is 11.6 Å². The molecule has 6 aliphatic rings. The number of aliphatic hydroxyl groups excluding tert-OH is 1. The van der Waals surface area contributed by atoms with Gasteiger partial charge < -0.3 is 14.6 Å². The second-order valence-electron chi connectivity index (χ2n) is 12.0. The summed E-state index contributed by atoms with van der Waals surface area (Å²) in [4.78, 5) is 0. The highest BCUT2D eigenvalue weighted by Crippen LogP contribution is 2.69. The molecule has 5 fully saturated rings. The van der Waals surface area contributed by atoms with E-state index in [0.29, 0.717) is 29.3 Å². The second kappa shape index (κ2) is 6.56. The number of hydrogen-bond donors (Lipinski definition) is 1. The zero-order valence-corrected chi connectivity index (χ0v) is 18.6. The molecular formula is C26H40O3. The van der Waals surface area contributed by atoms with E-state index in [4.69, 9.17) is 9.47 Å². The summed E-state index contributed by atoms with van der Waals surface area (Å²) in [7, 11) is 0. The van der Waals surface area contributed by atoms with Gasteiger partial charge in [0, 0.05) is 12.3 Å². The molecule has 2 saturated heterocycles. The lowest BCUT2D eigenvalue weighted by molar-refractivity contribution is -0.272. The van der Waals surface area contributed by atoms with Gasteiger partial charge in [-0.25, -0.2) is 0 Å². The van der Waals surface area contributed by atoms with Crippen molar-refractivity contribution < 1.29 is 14.6 Å². The highest BCUT2D eigenvalue weighted by atomic mass is 16.7. The zero-order chi connectivity index (χ0) is 20.0. The maximum atomic E-state index is 10.1. The van der Waals surface area contributed by atoms with E-state index in [-0.39, 0.29) is 11.9 Å². The predicted octanol–water partition coefficient (Wildman–Crippen LogP) is 5.32. The van der Waals surface area contributed by atoms with Gasteiger partial charge in [-0.2, -0.15) is 0 Å². The highest BCUT2D eigenvalue weighted by molar-refractivity contribution is 5.21. The van der Waals surface area contributed by atoms with Crippen LogP contribution in [-0.2, 0) is 9.47 Å². The molecule has 0 aromatic carbocycles. The van der Waals surface area contributed by atoms with E-state index in [9.17, 15) is 5.11 Å². The topological polar surface area (TPSA) is 38.7 Å². The third-order valence-corrected chi connectivity index (χ3v) is 10.7. The molecule has 0 amide bonds. The first-order valence-corrected chi connectivity index (χ1v) is 12.6. The summed E-state index contributed by atoms with van der Waals surface area (Å²) in [5.41, 5.74) is 2.01. The number of hydrogen-bond acceptors (Lipinski definition) is 3. The van der Waals surface area contributed by atoms with Crippen molar-refractivity contribution in [1.29, 1.82) is 0 Å². The monoisotopic (exact) mass is 400 g/mol. The minimum absolute atomic E-state index is 0.0857. The Morgan fingerprint density at radius 2 is 1.93 bits per heavy atom. The van der Waals surface area contributed by atoms with Crippen molar-refractivity contribution in [2.45, 2.75) is 96.6 Å². The zero-order valence-electron chi connectivity index (χ0n) is 18.6. The van der Waals surface area contributed by atoms with Crippen LogP contribution in [0, 0.1) is 46.8 Å². The maximum absolute atomic E-state index is 10.1. The minimum atomic E-state index is -0.286. The Morgan fingerprint density at radius 3 is 2.72 bits per heavy atom. The third-order valence-electron chi connectivity index (χ3n) is 10.7. The number of allylic oxidation sites excluding steroid dienone is 1. The van der Waals surface area contributed by atoms with Gasteiger partial charge in [0.05, 0.1) is 18.8 Å². The molecule has 0 bridgehead atoms. The fourth-order valence-corrected chi connectivity index (χ4v) is 9.27. The van der Waals surface area contributed by atoms with Crippen LogP contribution in [0.3, 0.4) is 0 Å². The second-order valence-corrected chi connectivity index (χ2v) is 12.0. The van der Waals surface area contributed by atoms with Crippen molar-refractivity contribution in [3.8, 4) is 0 Å². The van der Waals surface area contributed by atoms with Crippen LogP contribution in [0.25, 0.3) is 0 Å². The number of fused-ring (bicyclic) bond motifs is 7. The van der Waals surface area contributed by atoms with Gasteiger partial charge in [0.2, 0.25) is 0 Å². The molecule has 0 aromatic rings. The Morgan fingerprint density at radius 1 is 1.07 bits per heavy atom. The lowest BCUT2D eigenvalue weighted by atomic mass is 9.51. The summed E-state index contributed by atoms with van der Waals surface area (Å²) in [5.74, 6) is 4.83. The lowest BCUT2D eigenvalue weighted by Gasteiger charge is -2.54. The first-order chi connectivity index (χ1) is 13.9. The fraction of sp³-hybridized carbons (Fsp3) is 0.923. The minimum Gasteiger partial charge on any atom is -0.393 e. The molecule has 0 radical (unpaired) electrons. The van der Waals surface area contributed by atoms with E-state index in [1.807, 2.05) is 0 Å². The van der Waals surface area contributed by atoms with E-state index in [2.05, 4.69) is 26.8 Å². The van der Waals surface area contributed by atoms with E-state index >= 15 is 0 Å². The van der Waals surface area contributed by atoms with Gasteiger partial charge in [0.1, 0.15) is 0 Å². The standard InChI is InChI=1S/C26H40O3/c1-15-8-11-26(28-14-15)16(2)24-23(29-26)13-22-21-6-4-17-12-18(27)5-7-19(17)20(21)9-10-25(22,24)3/h4,15-16,18-24,27H,5-14H2,1-3H3/t15-,16+,18+,19?,20-,21-,22+,23+,24+,25+,26-/m1/s1. The number of rotatable bonds is 0. The normalized spacial score (nSPS) is 58.9. The summed E-state index contributed by atoms with van der Waals surface area (Å²) < 4.78 is 13.3. The van der Waals surface area contributed by atoms with Crippen LogP contribution in [0.4, 0.5) is 0 Å². The van der Waals surface area contributed by atoms with Gasteiger partial charge in [-0.1, -0.05) is 32.4 Å². The van der Waals surface area contributed by atoms with Crippen LogP contribution in [0.2, 0.25) is 0 Å². The Labute approximate surface area is 176 Å². The van der Waals surface area contributed by atoms with Crippen LogP contribution < -0.4 is 0 Å². The molecule has 0 aromatic heterocycles. The van der Waals surface area contributed by atoms with Crippen molar-refractivity contribution in [2.75, 3.05) is 6.61 Å². The molecule has 162 valence electrons. The van der Waals surface area contributed by atoms with Gasteiger partial charge in [-0.05, 0) is 92.3 Å². The number of aliphatic hydroxyl groups is 1. The van der Waals surface area contributed by atoms with Crippen molar-refractivity contribution in [3.05, 3.63) is 11.6 Å². The van der Waals surface area contributed by atoms with Crippen LogP contribution in [-0.4, -0.2) is 29.7 Å². The molecule has 1 spiro atoms. The molecular weight excluding hydrogens is 360 g/mol. The summed E-state index contributed by atoms with van der Waals surface area (Å²) in [6.45, 7) is 8.24. The first-order valence-electron chi connectivity index (χ1n) is 12.6. The Bertz CT molecular complexity index is 692. The Hall–Kier alpha value is -0.380. The van der Waals surface area contributed by atoms with E-state index in [1.165, 1.54) is 38.5 Å². The molecule has 3 nitrogen and oxygen atoms in total. The van der Waals surface area contributed by atoms with Gasteiger partial charge in [0.25, 0.3) is 0 Å². The van der Waals surface area contributed by atoms with Gasteiger partial charge in [-0.15, -0.1) is 0 Å². The van der Waals surface area contributed by atoms with Crippen LogP contribution >= 0.6 is 0 Å². The van der Waals surface area contributed by atoms with Crippen molar-refractivity contribution in [2.24, 2.45) is 46.8 Å². The van der Waals surface area contributed by atoms with E-state index in [1.54, 1.807) is 5.57 Å². The fourth-order valence-electron chi connectivity index (χ4n) is 9.27. The average Bonchev–Trinajstić information content (AvgIpc) is 3.15. The molecule has 3 heteroatoms. The largest absolute Gasteiger partial charge is 0.393 e. The van der Waals surface area contributed by atoms with Crippen molar-refractivity contribution >= 4 is 0 Å². The summed E-state index contributed by atoms with van der Waals surface area (Å²) in [6, 6.07) is 0. The molecule has 29 heavy (non-hydrogen) atoms. The number of ether oxygens (including phenoxy) is 2.